The average molecular weight is 380 g/mol. The largest absolute Gasteiger partial charge is 0.330 e. The highest BCUT2D eigenvalue weighted by Crippen LogP contribution is 2.28. The van der Waals surface area contributed by atoms with Gasteiger partial charge in [-0.3, -0.25) is 14.5 Å². The molecule has 3 heterocycles. The van der Waals surface area contributed by atoms with Gasteiger partial charge in [0.15, 0.2) is 9.84 Å². The third kappa shape index (κ3) is 3.73. The van der Waals surface area contributed by atoms with Gasteiger partial charge in [-0.2, -0.15) is 5.10 Å². The van der Waals surface area contributed by atoms with Gasteiger partial charge in [-0.05, 0) is 19.9 Å². The summed E-state index contributed by atoms with van der Waals surface area (Å²) < 4.78 is 25.6. The molecule has 9 heteroatoms. The first-order valence-corrected chi connectivity index (χ1v) is 10.4. The molecule has 3 rings (SSSR count). The van der Waals surface area contributed by atoms with Crippen LogP contribution in [0.4, 0.5) is 0 Å². The summed E-state index contributed by atoms with van der Waals surface area (Å²) in [5, 5.41) is 4.02. The van der Waals surface area contributed by atoms with Gasteiger partial charge < -0.3 is 4.90 Å². The summed E-state index contributed by atoms with van der Waals surface area (Å²) >= 11 is 0. The number of allylic oxidation sites excluding steroid dienone is 1. The second-order valence-corrected chi connectivity index (χ2v) is 9.32. The van der Waals surface area contributed by atoms with E-state index in [4.69, 9.17) is 0 Å². The Morgan fingerprint density at radius 3 is 2.58 bits per heavy atom. The van der Waals surface area contributed by atoms with Gasteiger partial charge in [0.2, 0.25) is 0 Å². The van der Waals surface area contributed by atoms with Crippen molar-refractivity contribution in [3.8, 4) is 0 Å². The van der Waals surface area contributed by atoms with Crippen LogP contribution < -0.4 is 5.56 Å². The molecule has 1 aromatic heterocycles. The lowest BCUT2D eigenvalue weighted by molar-refractivity contribution is 0.0361. The number of aryl methyl sites for hydroxylation is 1. The van der Waals surface area contributed by atoms with Crippen molar-refractivity contribution >= 4 is 15.7 Å². The average Bonchev–Trinajstić information content (AvgIpc) is 2.89. The summed E-state index contributed by atoms with van der Waals surface area (Å²) in [4.78, 5) is 28.2. The molecule has 0 N–H and O–H groups in total. The summed E-state index contributed by atoms with van der Waals surface area (Å²) in [6.07, 6.45) is 2.08. The second kappa shape index (κ2) is 6.96. The normalized spacial score (nSPS) is 25.0. The lowest BCUT2D eigenvalue weighted by Gasteiger charge is -2.43. The van der Waals surface area contributed by atoms with Gasteiger partial charge >= 0.3 is 0 Å². The Morgan fingerprint density at radius 2 is 1.92 bits per heavy atom. The Bertz CT molecular complexity index is 902. The molecule has 2 aliphatic heterocycles. The Hall–Kier alpha value is -2.00. The second-order valence-electron chi connectivity index (χ2n) is 7.17. The minimum atomic E-state index is -3.20. The quantitative estimate of drug-likeness (QED) is 0.667. The van der Waals surface area contributed by atoms with Crippen LogP contribution >= 0.6 is 0 Å². The standard InChI is InChI=1S/C17H24N4O4S/c1-12(2)6-7-20-8-9-21(15-11-26(24,25)10-14(15)20)17(23)13-4-5-16(22)19(3)18-13/h4-6,14-15H,7-11H2,1-3H3/t14-,15+/m1/s1. The summed E-state index contributed by atoms with van der Waals surface area (Å²) in [7, 11) is -1.71. The SMILES string of the molecule is CC(C)=CCN1CCN(C(=O)c2ccc(=O)n(C)n2)[C@H]2CS(=O)(=O)C[C@H]21. The van der Waals surface area contributed by atoms with E-state index in [1.165, 1.54) is 24.8 Å². The minimum absolute atomic E-state index is 0.0273. The molecule has 0 aromatic carbocycles. The van der Waals surface area contributed by atoms with E-state index in [0.717, 1.165) is 4.68 Å². The number of nitrogens with zero attached hydrogens (tertiary/aromatic N) is 4. The molecule has 0 saturated carbocycles. The zero-order valence-electron chi connectivity index (χ0n) is 15.3. The first-order chi connectivity index (χ1) is 12.2. The van der Waals surface area contributed by atoms with Crippen molar-refractivity contribution in [2.24, 2.45) is 7.05 Å². The lowest BCUT2D eigenvalue weighted by Crippen LogP contribution is -2.60. The number of aromatic nitrogens is 2. The molecule has 0 spiro atoms. The van der Waals surface area contributed by atoms with E-state index in [1.54, 1.807) is 4.90 Å². The Labute approximate surface area is 153 Å². The van der Waals surface area contributed by atoms with Crippen LogP contribution in [0.5, 0.6) is 0 Å². The van der Waals surface area contributed by atoms with Gasteiger partial charge in [0, 0.05) is 38.8 Å². The molecule has 2 fully saturated rings. The lowest BCUT2D eigenvalue weighted by atomic mass is 10.0. The van der Waals surface area contributed by atoms with Crippen molar-refractivity contribution < 1.29 is 13.2 Å². The molecule has 0 aliphatic carbocycles. The monoisotopic (exact) mass is 380 g/mol. The molecule has 1 amide bonds. The molecule has 142 valence electrons. The molecule has 2 aliphatic rings. The molecule has 8 nitrogen and oxygen atoms in total. The number of piperazine rings is 1. The Balaban J connectivity index is 1.87. The highest BCUT2D eigenvalue weighted by molar-refractivity contribution is 7.91. The Morgan fingerprint density at radius 1 is 1.23 bits per heavy atom. The predicted molar refractivity (Wildman–Crippen MR) is 97.7 cm³/mol. The number of sulfone groups is 1. The van der Waals surface area contributed by atoms with Gasteiger partial charge in [0.25, 0.3) is 11.5 Å². The zero-order chi connectivity index (χ0) is 19.1. The molecular formula is C17H24N4O4S. The number of carbonyl (C=O) groups is 1. The molecule has 0 bridgehead atoms. The van der Waals surface area contributed by atoms with E-state index in [2.05, 4.69) is 16.1 Å². The third-order valence-corrected chi connectivity index (χ3v) is 6.66. The first kappa shape index (κ1) is 18.8. The summed E-state index contributed by atoms with van der Waals surface area (Å²) in [5.74, 6) is -0.284. The molecule has 0 unspecified atom stereocenters. The Kier molecular flexibility index (Phi) is 5.03. The molecule has 2 saturated heterocycles. The fraction of sp³-hybridized carbons (Fsp3) is 0.588. The van der Waals surface area contributed by atoms with Crippen molar-refractivity contribution in [1.82, 2.24) is 19.6 Å². The van der Waals surface area contributed by atoms with Gasteiger partial charge in [-0.25, -0.2) is 13.1 Å². The van der Waals surface area contributed by atoms with E-state index < -0.39 is 9.84 Å². The fourth-order valence-corrected chi connectivity index (χ4v) is 5.58. The van der Waals surface area contributed by atoms with Gasteiger partial charge in [0.05, 0.1) is 17.5 Å². The maximum Gasteiger partial charge on any atom is 0.274 e. The molecule has 0 radical (unpaired) electrons. The summed E-state index contributed by atoms with van der Waals surface area (Å²) in [6, 6.07) is 2.11. The van der Waals surface area contributed by atoms with Crippen LogP contribution in [0.2, 0.25) is 0 Å². The highest BCUT2D eigenvalue weighted by atomic mass is 32.2. The number of fused-ring (bicyclic) bond motifs is 1. The maximum atomic E-state index is 12.9. The predicted octanol–water partition coefficient (Wildman–Crippen LogP) is -0.330. The van der Waals surface area contributed by atoms with Crippen molar-refractivity contribution in [3.63, 3.8) is 0 Å². The van der Waals surface area contributed by atoms with Crippen LogP contribution in [0.3, 0.4) is 0 Å². The van der Waals surface area contributed by atoms with Crippen LogP contribution in [-0.2, 0) is 16.9 Å². The number of hydrogen-bond acceptors (Lipinski definition) is 6. The number of amides is 1. The van der Waals surface area contributed by atoms with Crippen LogP contribution in [0.15, 0.2) is 28.6 Å². The van der Waals surface area contributed by atoms with Crippen molar-refractivity contribution in [2.45, 2.75) is 25.9 Å². The number of carbonyl (C=O) groups excluding carboxylic acids is 1. The van der Waals surface area contributed by atoms with E-state index in [9.17, 15) is 18.0 Å². The zero-order valence-corrected chi connectivity index (χ0v) is 16.1. The van der Waals surface area contributed by atoms with Gasteiger partial charge in [0.1, 0.15) is 5.69 Å². The summed E-state index contributed by atoms with van der Waals surface area (Å²) in [6.45, 7) is 5.75. The van der Waals surface area contributed by atoms with Gasteiger partial charge in [-0.1, -0.05) is 11.6 Å². The molecule has 26 heavy (non-hydrogen) atoms. The molecule has 2 atom stereocenters. The van der Waals surface area contributed by atoms with E-state index in [1.807, 2.05) is 13.8 Å². The van der Waals surface area contributed by atoms with Crippen molar-refractivity contribution in [3.05, 3.63) is 39.8 Å². The number of rotatable bonds is 3. The van der Waals surface area contributed by atoms with Crippen molar-refractivity contribution in [1.29, 1.82) is 0 Å². The van der Waals surface area contributed by atoms with E-state index in [0.29, 0.717) is 19.6 Å². The van der Waals surface area contributed by atoms with Gasteiger partial charge in [-0.15, -0.1) is 0 Å². The smallest absolute Gasteiger partial charge is 0.274 e. The minimum Gasteiger partial charge on any atom is -0.330 e. The topological polar surface area (TPSA) is 92.6 Å². The fourth-order valence-electron chi connectivity index (χ4n) is 3.57. The third-order valence-electron chi connectivity index (χ3n) is 4.97. The van der Waals surface area contributed by atoms with Crippen LogP contribution in [0.25, 0.3) is 0 Å². The highest BCUT2D eigenvalue weighted by Gasteiger charge is 2.48. The van der Waals surface area contributed by atoms with E-state index in [-0.39, 0.29) is 40.7 Å². The molecule has 1 aromatic rings. The number of hydrogen-bond donors (Lipinski definition) is 0. The van der Waals surface area contributed by atoms with Crippen molar-refractivity contribution in [2.75, 3.05) is 31.1 Å². The first-order valence-electron chi connectivity index (χ1n) is 8.61. The van der Waals surface area contributed by atoms with E-state index >= 15 is 0 Å². The van der Waals surface area contributed by atoms with Crippen LogP contribution in [-0.4, -0.2) is 77.1 Å². The molecular weight excluding hydrogens is 356 g/mol. The van der Waals surface area contributed by atoms with Crippen LogP contribution in [0.1, 0.15) is 24.3 Å². The maximum absolute atomic E-state index is 12.9. The summed E-state index contributed by atoms with van der Waals surface area (Å²) in [5.41, 5.74) is 1.04. The van der Waals surface area contributed by atoms with Crippen LogP contribution in [0, 0.1) is 0 Å².